The van der Waals surface area contributed by atoms with Crippen molar-refractivity contribution in [3.63, 3.8) is 0 Å². The molecule has 18 heavy (non-hydrogen) atoms. The van der Waals surface area contributed by atoms with Crippen LogP contribution in [0.5, 0.6) is 0 Å². The van der Waals surface area contributed by atoms with E-state index in [9.17, 15) is 8.78 Å². The predicted octanol–water partition coefficient (Wildman–Crippen LogP) is 2.87. The maximum Gasteiger partial charge on any atom is 0.251 e. The zero-order valence-electron chi connectivity index (χ0n) is 9.81. The van der Waals surface area contributed by atoms with Gasteiger partial charge in [0, 0.05) is 25.9 Å². The molecule has 2 heterocycles. The fraction of sp³-hybridized carbons (Fsp3) is 0.385. The first-order valence-corrected chi connectivity index (χ1v) is 5.99. The van der Waals surface area contributed by atoms with E-state index in [4.69, 9.17) is 0 Å². The van der Waals surface area contributed by atoms with Gasteiger partial charge in [-0.1, -0.05) is 12.1 Å². The lowest BCUT2D eigenvalue weighted by atomic mass is 10.1. The van der Waals surface area contributed by atoms with Gasteiger partial charge in [-0.15, -0.1) is 0 Å². The van der Waals surface area contributed by atoms with Crippen molar-refractivity contribution in [1.29, 1.82) is 0 Å². The third kappa shape index (κ3) is 2.12. The number of aromatic nitrogens is 2. The van der Waals surface area contributed by atoms with E-state index in [1.807, 2.05) is 29.2 Å². The summed E-state index contributed by atoms with van der Waals surface area (Å²) in [5.74, 6) is -1.84. The zero-order valence-corrected chi connectivity index (χ0v) is 9.81. The fourth-order valence-electron chi connectivity index (χ4n) is 2.16. The highest BCUT2D eigenvalue weighted by atomic mass is 19.3. The highest BCUT2D eigenvalue weighted by Crippen LogP contribution is 2.29. The largest absolute Gasteiger partial charge is 0.355 e. The van der Waals surface area contributed by atoms with E-state index in [0.717, 1.165) is 11.0 Å². The normalized spacial score (nSPS) is 19.1. The minimum absolute atomic E-state index is 0.110. The first kappa shape index (κ1) is 11.3. The van der Waals surface area contributed by atoms with Crippen LogP contribution in [0.3, 0.4) is 0 Å². The van der Waals surface area contributed by atoms with Crippen LogP contribution in [0.4, 0.5) is 14.6 Å². The molecule has 0 saturated carbocycles. The van der Waals surface area contributed by atoms with E-state index in [2.05, 4.69) is 9.97 Å². The summed E-state index contributed by atoms with van der Waals surface area (Å²) in [6.07, 6.45) is 1.44. The third-order valence-electron chi connectivity index (χ3n) is 3.25. The van der Waals surface area contributed by atoms with Crippen LogP contribution in [0, 0.1) is 0 Å². The number of nitrogens with zero attached hydrogens (tertiary/aromatic N) is 3. The van der Waals surface area contributed by atoms with Gasteiger partial charge in [0.2, 0.25) is 0 Å². The van der Waals surface area contributed by atoms with E-state index in [1.165, 1.54) is 0 Å². The van der Waals surface area contributed by atoms with Crippen LogP contribution in [-0.4, -0.2) is 29.0 Å². The second-order valence-corrected chi connectivity index (χ2v) is 4.56. The predicted molar refractivity (Wildman–Crippen MR) is 65.9 cm³/mol. The molecule has 0 unspecified atom stereocenters. The number of piperidine rings is 1. The third-order valence-corrected chi connectivity index (χ3v) is 3.25. The Balaban J connectivity index is 1.87. The van der Waals surface area contributed by atoms with Gasteiger partial charge in [0.1, 0.15) is 5.82 Å². The fourth-order valence-corrected chi connectivity index (χ4v) is 2.16. The molecule has 1 aromatic heterocycles. The van der Waals surface area contributed by atoms with E-state index in [0.29, 0.717) is 18.9 Å². The van der Waals surface area contributed by atoms with Crippen molar-refractivity contribution in [2.75, 3.05) is 18.0 Å². The number of benzene rings is 1. The Hall–Kier alpha value is -1.78. The van der Waals surface area contributed by atoms with Crippen molar-refractivity contribution >= 4 is 16.9 Å². The summed E-state index contributed by atoms with van der Waals surface area (Å²) in [5.41, 5.74) is 1.62. The molecule has 0 radical (unpaired) electrons. The number of halogens is 2. The molecular weight excluding hydrogens is 236 g/mol. The number of para-hydroxylation sites is 2. The number of alkyl halides is 2. The van der Waals surface area contributed by atoms with Crippen LogP contribution < -0.4 is 4.90 Å². The number of anilines is 1. The van der Waals surface area contributed by atoms with E-state index >= 15 is 0 Å². The van der Waals surface area contributed by atoms with E-state index < -0.39 is 5.92 Å². The molecule has 0 N–H and O–H groups in total. The molecule has 0 atom stereocenters. The monoisotopic (exact) mass is 249 g/mol. The smallest absolute Gasteiger partial charge is 0.251 e. The quantitative estimate of drug-likeness (QED) is 0.778. The second kappa shape index (κ2) is 4.15. The first-order valence-electron chi connectivity index (χ1n) is 5.99. The molecular formula is C13H13F2N3. The molecule has 1 fully saturated rings. The summed E-state index contributed by atoms with van der Waals surface area (Å²) in [6, 6.07) is 7.56. The lowest BCUT2D eigenvalue weighted by Crippen LogP contribution is -2.39. The highest BCUT2D eigenvalue weighted by molar-refractivity contribution is 5.75. The molecule has 0 spiro atoms. The molecule has 5 heteroatoms. The van der Waals surface area contributed by atoms with Gasteiger partial charge in [-0.25, -0.2) is 13.8 Å². The average molecular weight is 249 g/mol. The van der Waals surface area contributed by atoms with Gasteiger partial charge in [-0.2, -0.15) is 0 Å². The van der Waals surface area contributed by atoms with Gasteiger partial charge >= 0.3 is 0 Å². The molecule has 2 aromatic rings. The van der Waals surface area contributed by atoms with Crippen LogP contribution in [0.2, 0.25) is 0 Å². The summed E-state index contributed by atoms with van der Waals surface area (Å²) in [6.45, 7) is 0.667. The van der Waals surface area contributed by atoms with Gasteiger partial charge in [0.15, 0.2) is 0 Å². The lowest BCUT2D eigenvalue weighted by Gasteiger charge is -2.32. The Bertz CT molecular complexity index is 561. The van der Waals surface area contributed by atoms with Crippen LogP contribution in [-0.2, 0) is 0 Å². The maximum atomic E-state index is 13.1. The molecule has 1 aliphatic rings. The summed E-state index contributed by atoms with van der Waals surface area (Å²) in [7, 11) is 0. The first-order chi connectivity index (χ1) is 8.64. The molecule has 1 aromatic carbocycles. The standard InChI is InChI=1S/C13H13F2N3/c14-13(15)5-7-18(8-6-13)12-9-16-10-3-1-2-4-11(10)17-12/h1-4,9H,5-8H2. The minimum Gasteiger partial charge on any atom is -0.355 e. The van der Waals surface area contributed by atoms with Crippen molar-refractivity contribution in [3.05, 3.63) is 30.5 Å². The van der Waals surface area contributed by atoms with Gasteiger partial charge in [-0.3, -0.25) is 4.98 Å². The average Bonchev–Trinajstić information content (AvgIpc) is 2.38. The molecule has 3 nitrogen and oxygen atoms in total. The Labute approximate surface area is 103 Å². The molecule has 1 aliphatic heterocycles. The number of fused-ring (bicyclic) bond motifs is 1. The van der Waals surface area contributed by atoms with Gasteiger partial charge in [-0.05, 0) is 12.1 Å². The van der Waals surface area contributed by atoms with E-state index in [-0.39, 0.29) is 12.8 Å². The topological polar surface area (TPSA) is 29.0 Å². The highest BCUT2D eigenvalue weighted by Gasteiger charge is 2.34. The molecule has 3 rings (SSSR count). The number of hydrogen-bond donors (Lipinski definition) is 0. The maximum absolute atomic E-state index is 13.1. The van der Waals surface area contributed by atoms with Crippen molar-refractivity contribution in [2.45, 2.75) is 18.8 Å². The second-order valence-electron chi connectivity index (χ2n) is 4.56. The van der Waals surface area contributed by atoms with Crippen LogP contribution >= 0.6 is 0 Å². The van der Waals surface area contributed by atoms with Crippen molar-refractivity contribution < 1.29 is 8.78 Å². The van der Waals surface area contributed by atoms with Crippen LogP contribution in [0.25, 0.3) is 11.0 Å². The molecule has 1 saturated heterocycles. The Morgan fingerprint density at radius 1 is 1.06 bits per heavy atom. The van der Waals surface area contributed by atoms with Crippen molar-refractivity contribution in [1.82, 2.24) is 9.97 Å². The molecule has 0 aliphatic carbocycles. The summed E-state index contributed by atoms with van der Waals surface area (Å²) in [5, 5.41) is 0. The molecule has 0 amide bonds. The number of rotatable bonds is 1. The van der Waals surface area contributed by atoms with Gasteiger partial charge in [0.05, 0.1) is 17.2 Å². The molecule has 0 bridgehead atoms. The molecule has 94 valence electrons. The van der Waals surface area contributed by atoms with Gasteiger partial charge < -0.3 is 4.90 Å². The van der Waals surface area contributed by atoms with Crippen LogP contribution in [0.15, 0.2) is 30.5 Å². The Morgan fingerprint density at radius 3 is 2.44 bits per heavy atom. The number of hydrogen-bond acceptors (Lipinski definition) is 3. The van der Waals surface area contributed by atoms with Crippen molar-refractivity contribution in [3.8, 4) is 0 Å². The van der Waals surface area contributed by atoms with Gasteiger partial charge in [0.25, 0.3) is 5.92 Å². The lowest BCUT2D eigenvalue weighted by molar-refractivity contribution is -0.0221. The summed E-state index contributed by atoms with van der Waals surface area (Å²) >= 11 is 0. The Morgan fingerprint density at radius 2 is 1.72 bits per heavy atom. The summed E-state index contributed by atoms with van der Waals surface area (Å²) in [4.78, 5) is 10.6. The van der Waals surface area contributed by atoms with Crippen LogP contribution in [0.1, 0.15) is 12.8 Å². The van der Waals surface area contributed by atoms with E-state index in [1.54, 1.807) is 6.20 Å². The minimum atomic E-state index is -2.53. The Kier molecular flexibility index (Phi) is 2.61. The zero-order chi connectivity index (χ0) is 12.6. The summed E-state index contributed by atoms with van der Waals surface area (Å²) < 4.78 is 26.2. The van der Waals surface area contributed by atoms with Crippen molar-refractivity contribution in [2.24, 2.45) is 0 Å². The SMILES string of the molecule is FC1(F)CCN(c2cnc3ccccc3n2)CC1.